The number of aliphatic hydroxyl groups is 4. The molecule has 1 aliphatic heterocycles. The number of nitrogens with one attached hydrogen (secondary N) is 1. The molecule has 1 fully saturated rings. The Balaban J connectivity index is 1.75. The van der Waals surface area contributed by atoms with E-state index in [0.29, 0.717) is 24.5 Å². The predicted octanol–water partition coefficient (Wildman–Crippen LogP) is 1.11. The fourth-order valence-corrected chi connectivity index (χ4v) is 4.11. The maximum absolute atomic E-state index is 10.4. The zero-order chi connectivity index (χ0) is 20.3. The van der Waals surface area contributed by atoms with E-state index in [1.807, 2.05) is 43.3 Å². The zero-order valence-electron chi connectivity index (χ0n) is 15.8. The largest absolute Gasteiger partial charge is 0.494 e. The average molecular weight is 410 g/mol. The van der Waals surface area contributed by atoms with Gasteiger partial charge in [-0.3, -0.25) is 0 Å². The maximum Gasteiger partial charge on any atom is 0.119 e. The topological polar surface area (TPSA) is 102 Å². The summed E-state index contributed by atoms with van der Waals surface area (Å²) in [5, 5.41) is 43.8. The third kappa shape index (κ3) is 4.59. The van der Waals surface area contributed by atoms with Gasteiger partial charge < -0.3 is 30.5 Å². The van der Waals surface area contributed by atoms with Gasteiger partial charge >= 0.3 is 0 Å². The Morgan fingerprint density at radius 1 is 1.11 bits per heavy atom. The molecule has 0 aromatic heterocycles. The minimum Gasteiger partial charge on any atom is -0.494 e. The number of hydrogen-bond acceptors (Lipinski definition) is 6. The van der Waals surface area contributed by atoms with Crippen molar-refractivity contribution in [2.45, 2.75) is 50.2 Å². The molecule has 28 heavy (non-hydrogen) atoms. The van der Waals surface area contributed by atoms with Crippen molar-refractivity contribution < 1.29 is 25.2 Å². The number of rotatable bonds is 6. The maximum atomic E-state index is 10.4. The first-order valence-corrected chi connectivity index (χ1v) is 10.0. The minimum absolute atomic E-state index is 0.119. The van der Waals surface area contributed by atoms with Crippen molar-refractivity contribution in [1.82, 2.24) is 5.32 Å². The Labute approximate surface area is 170 Å². The van der Waals surface area contributed by atoms with E-state index in [1.165, 1.54) is 0 Å². The Morgan fingerprint density at radius 3 is 2.46 bits per heavy atom. The second-order valence-electron chi connectivity index (χ2n) is 7.35. The lowest BCUT2D eigenvalue weighted by Crippen LogP contribution is -2.67. The number of aliphatic hydroxyl groups excluding tert-OH is 4. The van der Waals surface area contributed by atoms with E-state index >= 15 is 0 Å². The van der Waals surface area contributed by atoms with E-state index < -0.39 is 30.4 Å². The summed E-state index contributed by atoms with van der Waals surface area (Å²) < 4.78 is 5.47. The Bertz CT molecular complexity index is 718. The molecule has 6 atom stereocenters. The van der Waals surface area contributed by atoms with Crippen LogP contribution in [0.25, 0.3) is 0 Å². The first-order chi connectivity index (χ1) is 13.4. The minimum atomic E-state index is -1.31. The van der Waals surface area contributed by atoms with Crippen LogP contribution in [-0.2, 0) is 6.42 Å². The summed E-state index contributed by atoms with van der Waals surface area (Å²) in [6.45, 7) is 2.23. The van der Waals surface area contributed by atoms with Gasteiger partial charge in [-0.25, -0.2) is 0 Å². The molecule has 0 spiro atoms. The second kappa shape index (κ2) is 9.39. The molecule has 1 aliphatic carbocycles. The van der Waals surface area contributed by atoms with Gasteiger partial charge in [0, 0.05) is 11.1 Å². The first-order valence-electron chi connectivity index (χ1n) is 9.64. The van der Waals surface area contributed by atoms with Gasteiger partial charge in [0.15, 0.2) is 0 Å². The standard InChI is InChI=1S/C21H28ClNO5/c1-2-28-15-6-3-12(4-7-15)9-14-10-13(5-8-16(14)22)18-20(26)21(27)19(25)17(11-24)23-18/h3-4,6-8,10,13,17-21,23-27H,2,5,9,11H2,1H3/t13?,17-,18+,19-,20+,21+/m1/s1. The summed E-state index contributed by atoms with van der Waals surface area (Å²) in [5.41, 5.74) is 2.03. The molecule has 5 N–H and O–H groups in total. The highest BCUT2D eigenvalue weighted by atomic mass is 35.5. The van der Waals surface area contributed by atoms with Crippen LogP contribution >= 0.6 is 11.6 Å². The van der Waals surface area contributed by atoms with E-state index in [0.717, 1.165) is 16.9 Å². The van der Waals surface area contributed by atoms with Gasteiger partial charge in [-0.1, -0.05) is 35.9 Å². The quantitative estimate of drug-likeness (QED) is 0.482. The van der Waals surface area contributed by atoms with Crippen LogP contribution in [0.2, 0.25) is 0 Å². The van der Waals surface area contributed by atoms with Crippen molar-refractivity contribution >= 4 is 11.6 Å². The van der Waals surface area contributed by atoms with Crippen molar-refractivity contribution in [3.63, 3.8) is 0 Å². The monoisotopic (exact) mass is 409 g/mol. The van der Waals surface area contributed by atoms with Crippen molar-refractivity contribution in [1.29, 1.82) is 0 Å². The van der Waals surface area contributed by atoms with Gasteiger partial charge in [0.05, 0.1) is 31.5 Å². The molecular formula is C21H28ClNO5. The molecule has 0 saturated carbocycles. The van der Waals surface area contributed by atoms with E-state index in [1.54, 1.807) is 0 Å². The highest BCUT2D eigenvalue weighted by molar-refractivity contribution is 6.32. The fraction of sp³-hybridized carbons (Fsp3) is 0.524. The van der Waals surface area contributed by atoms with Crippen LogP contribution < -0.4 is 10.1 Å². The average Bonchev–Trinajstić information content (AvgIpc) is 2.70. The van der Waals surface area contributed by atoms with E-state index in [4.69, 9.17) is 16.3 Å². The van der Waals surface area contributed by atoms with Crippen LogP contribution in [0.4, 0.5) is 0 Å². The van der Waals surface area contributed by atoms with Crippen LogP contribution in [0.15, 0.2) is 47.0 Å². The molecule has 1 aromatic carbocycles. The number of piperidine rings is 1. The van der Waals surface area contributed by atoms with Crippen molar-refractivity contribution in [2.75, 3.05) is 13.2 Å². The third-order valence-electron chi connectivity index (χ3n) is 5.46. The van der Waals surface area contributed by atoms with Gasteiger partial charge in [0.25, 0.3) is 0 Å². The van der Waals surface area contributed by atoms with Crippen LogP contribution in [0.3, 0.4) is 0 Å². The van der Waals surface area contributed by atoms with Crippen LogP contribution in [0.5, 0.6) is 5.75 Å². The van der Waals surface area contributed by atoms with Gasteiger partial charge in [-0.15, -0.1) is 0 Å². The fourth-order valence-electron chi connectivity index (χ4n) is 3.89. The summed E-state index contributed by atoms with van der Waals surface area (Å²) in [6, 6.07) is 6.66. The molecular weight excluding hydrogens is 382 g/mol. The molecule has 1 aromatic rings. The van der Waals surface area contributed by atoms with E-state index in [2.05, 4.69) is 5.32 Å². The molecule has 0 bridgehead atoms. The molecule has 0 radical (unpaired) electrons. The Morgan fingerprint density at radius 2 is 1.82 bits per heavy atom. The van der Waals surface area contributed by atoms with Gasteiger partial charge in [-0.2, -0.15) is 0 Å². The summed E-state index contributed by atoms with van der Waals surface area (Å²) >= 11 is 6.42. The van der Waals surface area contributed by atoms with Gasteiger partial charge in [0.2, 0.25) is 0 Å². The number of hydrogen-bond donors (Lipinski definition) is 5. The lowest BCUT2D eigenvalue weighted by molar-refractivity contribution is -0.125. The van der Waals surface area contributed by atoms with Crippen LogP contribution in [-0.4, -0.2) is 64.0 Å². The number of halogens is 1. The Hall–Kier alpha value is -1.41. The molecule has 3 rings (SSSR count). The molecule has 1 saturated heterocycles. The molecule has 1 heterocycles. The highest BCUT2D eigenvalue weighted by Crippen LogP contribution is 2.33. The van der Waals surface area contributed by atoms with Crippen LogP contribution in [0, 0.1) is 5.92 Å². The van der Waals surface area contributed by atoms with E-state index in [9.17, 15) is 20.4 Å². The normalized spacial score (nSPS) is 33.2. The lowest BCUT2D eigenvalue weighted by atomic mass is 9.79. The predicted molar refractivity (Wildman–Crippen MR) is 107 cm³/mol. The van der Waals surface area contributed by atoms with Gasteiger partial charge in [0.1, 0.15) is 11.9 Å². The highest BCUT2D eigenvalue weighted by Gasteiger charge is 2.44. The molecule has 2 aliphatic rings. The third-order valence-corrected chi connectivity index (χ3v) is 5.86. The molecule has 6 nitrogen and oxygen atoms in total. The van der Waals surface area contributed by atoms with E-state index in [-0.39, 0.29) is 12.5 Å². The molecule has 154 valence electrons. The summed E-state index contributed by atoms with van der Waals surface area (Å²) in [5.74, 6) is 0.701. The van der Waals surface area contributed by atoms with Crippen molar-refractivity contribution in [3.05, 3.63) is 52.6 Å². The molecule has 0 amide bonds. The summed E-state index contributed by atoms with van der Waals surface area (Å²) in [7, 11) is 0. The zero-order valence-corrected chi connectivity index (χ0v) is 16.6. The smallest absolute Gasteiger partial charge is 0.119 e. The number of ether oxygens (including phenoxy) is 1. The number of allylic oxidation sites excluding steroid dienone is 3. The van der Waals surface area contributed by atoms with Crippen molar-refractivity contribution in [3.8, 4) is 5.75 Å². The molecule has 7 heteroatoms. The van der Waals surface area contributed by atoms with Crippen LogP contribution in [0.1, 0.15) is 18.9 Å². The second-order valence-corrected chi connectivity index (χ2v) is 7.76. The van der Waals surface area contributed by atoms with Crippen molar-refractivity contribution in [2.24, 2.45) is 5.92 Å². The SMILES string of the molecule is CCOc1ccc(CC2=CC([C@@H]3N[C@H](CO)[C@@H](O)[C@H](O)[C@H]3O)CC=C2Cl)cc1. The van der Waals surface area contributed by atoms with Gasteiger partial charge in [-0.05, 0) is 49.0 Å². The molecule has 1 unspecified atom stereocenters. The first kappa shape index (κ1) is 21.3. The summed E-state index contributed by atoms with van der Waals surface area (Å²) in [6.07, 6.45) is 1.49. The summed E-state index contributed by atoms with van der Waals surface area (Å²) in [4.78, 5) is 0. The Kier molecular flexibility index (Phi) is 7.15. The number of benzene rings is 1. The lowest BCUT2D eigenvalue weighted by Gasteiger charge is -2.44.